The quantitative estimate of drug-likeness (QED) is 0.344. The number of nitrogens with zero attached hydrogens (tertiary/aromatic N) is 5. The van der Waals surface area contributed by atoms with Crippen molar-refractivity contribution in [1.29, 1.82) is 0 Å². The maximum absolute atomic E-state index is 14.2. The van der Waals surface area contributed by atoms with Gasteiger partial charge in [0.25, 0.3) is 0 Å². The second kappa shape index (κ2) is 10.6. The van der Waals surface area contributed by atoms with Crippen molar-refractivity contribution in [1.82, 2.24) is 24.4 Å². The van der Waals surface area contributed by atoms with E-state index in [9.17, 15) is 14.3 Å². The Labute approximate surface area is 222 Å². The molecule has 3 aromatic heterocycles. The van der Waals surface area contributed by atoms with E-state index >= 15 is 0 Å². The van der Waals surface area contributed by atoms with Crippen LogP contribution in [0.15, 0.2) is 42.5 Å². The molecule has 1 N–H and O–H groups in total. The van der Waals surface area contributed by atoms with Gasteiger partial charge < -0.3 is 14.4 Å². The molecule has 1 saturated heterocycles. The molecule has 0 bridgehead atoms. The summed E-state index contributed by atoms with van der Waals surface area (Å²) in [5, 5.41) is 10.0. The molecule has 1 aromatic carbocycles. The zero-order valence-corrected chi connectivity index (χ0v) is 21.5. The first-order valence-electron chi connectivity index (χ1n) is 11.8. The van der Waals surface area contributed by atoms with Crippen molar-refractivity contribution in [2.24, 2.45) is 7.05 Å². The number of fused-ring (bicyclic) bond motifs is 1. The summed E-state index contributed by atoms with van der Waals surface area (Å²) in [6, 6.07) is 11.1. The first kappa shape index (κ1) is 25.4. The molecular weight excluding hydrogens is 520 g/mol. The van der Waals surface area contributed by atoms with Gasteiger partial charge in [0.15, 0.2) is 11.3 Å². The number of benzene rings is 1. The molecule has 0 radical (unpaired) electrons. The molecule has 8 nitrogen and oxygen atoms in total. The summed E-state index contributed by atoms with van der Waals surface area (Å²) in [4.78, 5) is 26.9. The fourth-order valence-corrected chi connectivity index (χ4v) is 4.84. The number of hydrogen-bond acceptors (Lipinski definition) is 6. The molecular formula is C26H24Cl2FN5O3. The predicted molar refractivity (Wildman–Crippen MR) is 138 cm³/mol. The van der Waals surface area contributed by atoms with E-state index in [1.165, 1.54) is 12.1 Å². The lowest BCUT2D eigenvalue weighted by Crippen LogP contribution is -2.38. The molecule has 192 valence electrons. The number of likely N-dealkylation sites (tertiary alicyclic amines) is 1. The van der Waals surface area contributed by atoms with Crippen LogP contribution in [0.1, 0.15) is 40.4 Å². The van der Waals surface area contributed by atoms with Crippen LogP contribution in [0.5, 0.6) is 5.88 Å². The minimum Gasteiger partial charge on any atom is -0.477 e. The molecule has 5 rings (SSSR count). The number of halogens is 3. The summed E-state index contributed by atoms with van der Waals surface area (Å²) >= 11 is 12.1. The largest absolute Gasteiger partial charge is 0.477 e. The Morgan fingerprint density at radius 1 is 1.08 bits per heavy atom. The number of ether oxygens (including phenoxy) is 1. The second-order valence-corrected chi connectivity index (χ2v) is 9.93. The van der Waals surface area contributed by atoms with E-state index in [0.29, 0.717) is 44.9 Å². The van der Waals surface area contributed by atoms with E-state index in [1.807, 2.05) is 11.6 Å². The molecule has 0 unspecified atom stereocenters. The maximum atomic E-state index is 14.2. The van der Waals surface area contributed by atoms with Gasteiger partial charge in [-0.05, 0) is 48.7 Å². The van der Waals surface area contributed by atoms with Gasteiger partial charge in [-0.1, -0.05) is 29.3 Å². The predicted octanol–water partition coefficient (Wildman–Crippen LogP) is 5.14. The van der Waals surface area contributed by atoms with E-state index in [-0.39, 0.29) is 24.0 Å². The first-order valence-corrected chi connectivity index (χ1v) is 12.6. The van der Waals surface area contributed by atoms with E-state index in [1.54, 1.807) is 30.3 Å². The average molecular weight is 544 g/mol. The Hall–Kier alpha value is -3.27. The molecule has 0 atom stereocenters. The summed E-state index contributed by atoms with van der Waals surface area (Å²) in [6.45, 7) is 2.21. The zero-order valence-electron chi connectivity index (χ0n) is 20.0. The standard InChI is InChI=1S/C26H24Cl2FN5O3/c1-33-23(31-21-4-5-22(26(35)36)32-25(21)33)14-34-8-6-19(7-9-34)37-24-13-17(28)11-18(30-24)10-15-2-3-16(27)12-20(15)29/h2-5,11-13,19H,6-10,14H2,1H3,(H,35,36). The third-order valence-electron chi connectivity index (χ3n) is 6.42. The second-order valence-electron chi connectivity index (χ2n) is 9.05. The van der Waals surface area contributed by atoms with E-state index in [0.717, 1.165) is 31.8 Å². The Morgan fingerprint density at radius 3 is 2.59 bits per heavy atom. The van der Waals surface area contributed by atoms with Crippen molar-refractivity contribution in [2.45, 2.75) is 31.9 Å². The molecule has 4 aromatic rings. The number of piperidine rings is 1. The first-order chi connectivity index (χ1) is 17.7. The minimum atomic E-state index is -1.06. The average Bonchev–Trinajstić information content (AvgIpc) is 3.16. The molecule has 0 amide bonds. The lowest BCUT2D eigenvalue weighted by atomic mass is 10.1. The summed E-state index contributed by atoms with van der Waals surface area (Å²) in [5.41, 5.74) is 2.31. The highest BCUT2D eigenvalue weighted by Crippen LogP contribution is 2.25. The van der Waals surface area contributed by atoms with Crippen LogP contribution in [0, 0.1) is 5.82 Å². The summed E-state index contributed by atoms with van der Waals surface area (Å²) < 4.78 is 22.2. The number of rotatable bonds is 7. The molecule has 11 heteroatoms. The summed E-state index contributed by atoms with van der Waals surface area (Å²) in [6.07, 6.45) is 1.84. The number of hydrogen-bond donors (Lipinski definition) is 1. The van der Waals surface area contributed by atoms with E-state index in [2.05, 4.69) is 19.9 Å². The number of aryl methyl sites for hydroxylation is 1. The smallest absolute Gasteiger partial charge is 0.354 e. The Morgan fingerprint density at radius 2 is 1.86 bits per heavy atom. The van der Waals surface area contributed by atoms with E-state index in [4.69, 9.17) is 27.9 Å². The number of pyridine rings is 2. The Bertz CT molecular complexity index is 1470. The topological polar surface area (TPSA) is 93.4 Å². The van der Waals surface area contributed by atoms with Gasteiger partial charge in [0.1, 0.15) is 23.3 Å². The highest BCUT2D eigenvalue weighted by Gasteiger charge is 2.23. The van der Waals surface area contributed by atoms with Gasteiger partial charge in [-0.3, -0.25) is 4.90 Å². The van der Waals surface area contributed by atoms with Gasteiger partial charge in [0.2, 0.25) is 5.88 Å². The van der Waals surface area contributed by atoms with Crippen LogP contribution >= 0.6 is 23.2 Å². The van der Waals surface area contributed by atoms with Crippen molar-refractivity contribution in [3.8, 4) is 5.88 Å². The van der Waals surface area contributed by atoms with Crippen LogP contribution in [-0.2, 0) is 20.0 Å². The van der Waals surface area contributed by atoms with Crippen LogP contribution in [0.25, 0.3) is 11.2 Å². The van der Waals surface area contributed by atoms with E-state index < -0.39 is 5.97 Å². The highest BCUT2D eigenvalue weighted by atomic mass is 35.5. The molecule has 1 aliphatic rings. The summed E-state index contributed by atoms with van der Waals surface area (Å²) in [5.74, 6) is -0.209. The number of aromatic carboxylic acids is 1. The fourth-order valence-electron chi connectivity index (χ4n) is 4.46. The van der Waals surface area contributed by atoms with Gasteiger partial charge in [0.05, 0.1) is 12.2 Å². The number of aromatic nitrogens is 4. The monoisotopic (exact) mass is 543 g/mol. The van der Waals surface area contributed by atoms with Gasteiger partial charge in [0, 0.05) is 42.7 Å². The third-order valence-corrected chi connectivity index (χ3v) is 6.87. The van der Waals surface area contributed by atoms with Crippen molar-refractivity contribution < 1.29 is 19.0 Å². The van der Waals surface area contributed by atoms with Crippen molar-refractivity contribution >= 4 is 40.3 Å². The minimum absolute atomic E-state index is 0.00362. The van der Waals surface area contributed by atoms with Crippen LogP contribution in [0.2, 0.25) is 10.0 Å². The van der Waals surface area contributed by atoms with Crippen LogP contribution in [-0.4, -0.2) is 54.7 Å². The molecule has 4 heterocycles. The van der Waals surface area contributed by atoms with Crippen molar-refractivity contribution in [3.05, 3.63) is 81.1 Å². The molecule has 0 saturated carbocycles. The summed E-state index contributed by atoms with van der Waals surface area (Å²) in [7, 11) is 1.84. The zero-order chi connectivity index (χ0) is 26.1. The third kappa shape index (κ3) is 5.84. The van der Waals surface area contributed by atoms with Gasteiger partial charge in [-0.25, -0.2) is 24.1 Å². The fraction of sp³-hybridized carbons (Fsp3) is 0.308. The van der Waals surface area contributed by atoms with Crippen LogP contribution < -0.4 is 4.74 Å². The lowest BCUT2D eigenvalue weighted by Gasteiger charge is -2.31. The normalized spacial score (nSPS) is 14.8. The van der Waals surface area contributed by atoms with Gasteiger partial charge in [-0.15, -0.1) is 0 Å². The van der Waals surface area contributed by atoms with Crippen molar-refractivity contribution in [3.63, 3.8) is 0 Å². The Kier molecular flexibility index (Phi) is 7.28. The molecule has 0 aliphatic carbocycles. The Balaban J connectivity index is 1.20. The maximum Gasteiger partial charge on any atom is 0.354 e. The van der Waals surface area contributed by atoms with Gasteiger partial charge in [-0.2, -0.15) is 0 Å². The SMILES string of the molecule is Cn1c(CN2CCC(Oc3cc(Cl)cc(Cc4ccc(Cl)cc4F)n3)CC2)nc2ccc(C(=O)O)nc21. The number of carboxylic acids is 1. The van der Waals surface area contributed by atoms with Crippen molar-refractivity contribution in [2.75, 3.05) is 13.1 Å². The lowest BCUT2D eigenvalue weighted by molar-refractivity contribution is 0.0691. The number of imidazole rings is 1. The van der Waals surface area contributed by atoms with Crippen LogP contribution in [0.4, 0.5) is 4.39 Å². The molecule has 0 spiro atoms. The van der Waals surface area contributed by atoms with Crippen LogP contribution in [0.3, 0.4) is 0 Å². The molecule has 1 aliphatic heterocycles. The molecule has 1 fully saturated rings. The number of carbonyl (C=O) groups is 1. The number of carboxylic acid groups (broad SMARTS) is 1. The molecule has 37 heavy (non-hydrogen) atoms. The van der Waals surface area contributed by atoms with Gasteiger partial charge >= 0.3 is 5.97 Å². The highest BCUT2D eigenvalue weighted by molar-refractivity contribution is 6.31.